The van der Waals surface area contributed by atoms with Crippen LogP contribution in [0.25, 0.3) is 16.9 Å². The van der Waals surface area contributed by atoms with E-state index in [9.17, 15) is 14.7 Å². The van der Waals surface area contributed by atoms with Gasteiger partial charge in [-0.3, -0.25) is 14.2 Å². The van der Waals surface area contributed by atoms with Crippen LogP contribution in [0.5, 0.6) is 0 Å². The molecule has 2 aromatic heterocycles. The molecule has 1 fully saturated rings. The van der Waals surface area contributed by atoms with E-state index in [1.54, 1.807) is 22.9 Å². The Balaban J connectivity index is 1.61. The summed E-state index contributed by atoms with van der Waals surface area (Å²) in [7, 11) is 0. The lowest BCUT2D eigenvalue weighted by Crippen LogP contribution is -2.31. The van der Waals surface area contributed by atoms with Crippen molar-refractivity contribution in [3.8, 4) is 16.9 Å². The minimum absolute atomic E-state index is 0.00288. The molecular formula is C22H21ClN4O3. The highest BCUT2D eigenvalue weighted by Crippen LogP contribution is 2.30. The van der Waals surface area contributed by atoms with Crippen LogP contribution in [0.4, 0.5) is 5.95 Å². The Labute approximate surface area is 178 Å². The second-order valence-electron chi connectivity index (χ2n) is 7.39. The van der Waals surface area contributed by atoms with Crippen molar-refractivity contribution in [2.75, 3.05) is 5.32 Å². The van der Waals surface area contributed by atoms with Crippen molar-refractivity contribution in [3.63, 3.8) is 0 Å². The molecule has 3 aromatic rings. The van der Waals surface area contributed by atoms with Gasteiger partial charge in [0.25, 0.3) is 5.56 Å². The highest BCUT2D eigenvalue weighted by molar-refractivity contribution is 6.32. The molecule has 1 aliphatic carbocycles. The van der Waals surface area contributed by atoms with Crippen molar-refractivity contribution in [2.45, 2.75) is 31.7 Å². The Kier molecular flexibility index (Phi) is 5.81. The predicted octanol–water partition coefficient (Wildman–Crippen LogP) is 4.00. The van der Waals surface area contributed by atoms with E-state index in [-0.39, 0.29) is 17.5 Å². The number of halogens is 1. The van der Waals surface area contributed by atoms with E-state index in [1.165, 1.54) is 12.3 Å². The standard InChI is InChI=1S/C22H21ClN4O3/c23-18-13-24-22(25-16-7-3-6-15(11-16)21(29)30)26-20(18)14-5-4-8-17(12-14)27-10-2-1-9-19(27)28/h1-2,4-5,8-10,12-13,15-16H,3,6-7,11H2,(H,29,30)(H,24,25,26)/t15-,16+/m1/s1. The molecule has 0 aliphatic heterocycles. The van der Waals surface area contributed by atoms with Crippen LogP contribution in [0.1, 0.15) is 25.7 Å². The fourth-order valence-corrected chi connectivity index (χ4v) is 4.01. The molecule has 4 rings (SSSR count). The number of aliphatic carboxylic acids is 1. The summed E-state index contributed by atoms with van der Waals surface area (Å²) < 4.78 is 1.55. The molecule has 0 unspecified atom stereocenters. The topological polar surface area (TPSA) is 97.1 Å². The maximum absolute atomic E-state index is 12.1. The van der Waals surface area contributed by atoms with Gasteiger partial charge in [-0.2, -0.15) is 0 Å². The summed E-state index contributed by atoms with van der Waals surface area (Å²) in [6.07, 6.45) is 6.21. The Morgan fingerprint density at radius 1 is 1.20 bits per heavy atom. The van der Waals surface area contributed by atoms with Crippen LogP contribution in [-0.4, -0.2) is 31.7 Å². The number of hydrogen-bond acceptors (Lipinski definition) is 5. The van der Waals surface area contributed by atoms with E-state index in [4.69, 9.17) is 11.6 Å². The average Bonchev–Trinajstić information content (AvgIpc) is 2.76. The van der Waals surface area contributed by atoms with E-state index in [1.807, 2.05) is 24.3 Å². The lowest BCUT2D eigenvalue weighted by Gasteiger charge is -2.27. The third-order valence-electron chi connectivity index (χ3n) is 5.32. The first-order chi connectivity index (χ1) is 14.5. The lowest BCUT2D eigenvalue weighted by atomic mass is 9.86. The van der Waals surface area contributed by atoms with Gasteiger partial charge in [-0.05, 0) is 37.5 Å². The number of rotatable bonds is 5. The van der Waals surface area contributed by atoms with Crippen molar-refractivity contribution in [2.24, 2.45) is 5.92 Å². The summed E-state index contributed by atoms with van der Waals surface area (Å²) in [6, 6.07) is 12.4. The molecule has 2 atom stereocenters. The number of nitrogens with one attached hydrogen (secondary N) is 1. The third kappa shape index (κ3) is 4.36. The SMILES string of the molecule is O=C(O)[C@@H]1CCC[C@H](Nc2ncc(Cl)c(-c3cccc(-n4ccccc4=O)c3)n2)C1. The van der Waals surface area contributed by atoms with Crippen LogP contribution in [0.15, 0.2) is 59.7 Å². The summed E-state index contributed by atoms with van der Waals surface area (Å²) in [4.78, 5) is 32.3. The maximum Gasteiger partial charge on any atom is 0.306 e. The van der Waals surface area contributed by atoms with E-state index in [0.717, 1.165) is 18.4 Å². The average molecular weight is 425 g/mol. The number of carboxylic acid groups (broad SMARTS) is 1. The van der Waals surface area contributed by atoms with Gasteiger partial charge >= 0.3 is 5.97 Å². The summed E-state index contributed by atoms with van der Waals surface area (Å²) in [5.74, 6) is -0.691. The summed E-state index contributed by atoms with van der Waals surface area (Å²) in [5.41, 5.74) is 1.88. The minimum Gasteiger partial charge on any atom is -0.481 e. The Morgan fingerprint density at radius 2 is 2.07 bits per heavy atom. The fraction of sp³-hybridized carbons (Fsp3) is 0.273. The van der Waals surface area contributed by atoms with Crippen LogP contribution in [0, 0.1) is 5.92 Å². The monoisotopic (exact) mass is 424 g/mol. The first-order valence-electron chi connectivity index (χ1n) is 9.81. The number of anilines is 1. The van der Waals surface area contributed by atoms with E-state index in [0.29, 0.717) is 35.2 Å². The molecule has 2 N–H and O–H groups in total. The minimum atomic E-state index is -0.757. The molecule has 0 bridgehead atoms. The second kappa shape index (κ2) is 8.67. The maximum atomic E-state index is 12.1. The first kappa shape index (κ1) is 20.1. The zero-order chi connectivity index (χ0) is 21.1. The van der Waals surface area contributed by atoms with Crippen LogP contribution in [0.2, 0.25) is 5.02 Å². The number of nitrogens with zero attached hydrogens (tertiary/aromatic N) is 3. The molecule has 154 valence electrons. The summed E-state index contributed by atoms with van der Waals surface area (Å²) in [6.45, 7) is 0. The van der Waals surface area contributed by atoms with Gasteiger partial charge in [0.2, 0.25) is 5.95 Å². The molecule has 30 heavy (non-hydrogen) atoms. The highest BCUT2D eigenvalue weighted by Gasteiger charge is 2.27. The van der Waals surface area contributed by atoms with Crippen molar-refractivity contribution in [1.29, 1.82) is 0 Å². The molecule has 0 saturated heterocycles. The zero-order valence-electron chi connectivity index (χ0n) is 16.2. The van der Waals surface area contributed by atoms with Gasteiger partial charge < -0.3 is 10.4 Å². The van der Waals surface area contributed by atoms with Gasteiger partial charge in [-0.15, -0.1) is 0 Å². The Hall–Kier alpha value is -3.19. The normalized spacial score (nSPS) is 18.7. The van der Waals surface area contributed by atoms with E-state index in [2.05, 4.69) is 15.3 Å². The highest BCUT2D eigenvalue weighted by atomic mass is 35.5. The number of hydrogen-bond donors (Lipinski definition) is 2. The zero-order valence-corrected chi connectivity index (χ0v) is 16.9. The Bertz CT molecular complexity index is 1130. The molecule has 0 spiro atoms. The first-order valence-corrected chi connectivity index (χ1v) is 10.2. The van der Waals surface area contributed by atoms with Crippen LogP contribution < -0.4 is 10.9 Å². The van der Waals surface area contributed by atoms with Gasteiger partial charge in [0.1, 0.15) is 0 Å². The molecule has 8 heteroatoms. The van der Waals surface area contributed by atoms with Crippen molar-refractivity contribution in [3.05, 3.63) is 70.2 Å². The van der Waals surface area contributed by atoms with Gasteiger partial charge in [-0.25, -0.2) is 9.97 Å². The number of carbonyl (C=O) groups is 1. The van der Waals surface area contributed by atoms with Crippen LogP contribution >= 0.6 is 11.6 Å². The summed E-state index contributed by atoms with van der Waals surface area (Å²) >= 11 is 6.37. The quantitative estimate of drug-likeness (QED) is 0.642. The lowest BCUT2D eigenvalue weighted by molar-refractivity contribution is -0.142. The molecular weight excluding hydrogens is 404 g/mol. The smallest absolute Gasteiger partial charge is 0.306 e. The van der Waals surface area contributed by atoms with E-state index >= 15 is 0 Å². The molecule has 2 heterocycles. The number of pyridine rings is 1. The number of carboxylic acids is 1. The fourth-order valence-electron chi connectivity index (χ4n) is 3.81. The second-order valence-corrected chi connectivity index (χ2v) is 7.80. The van der Waals surface area contributed by atoms with Gasteiger partial charge in [0.15, 0.2) is 0 Å². The van der Waals surface area contributed by atoms with Gasteiger partial charge in [0.05, 0.1) is 22.8 Å². The number of benzene rings is 1. The number of aromatic nitrogens is 3. The molecule has 7 nitrogen and oxygen atoms in total. The molecule has 0 radical (unpaired) electrons. The van der Waals surface area contributed by atoms with E-state index < -0.39 is 5.97 Å². The predicted molar refractivity (Wildman–Crippen MR) is 115 cm³/mol. The Morgan fingerprint density at radius 3 is 2.87 bits per heavy atom. The molecule has 0 amide bonds. The van der Waals surface area contributed by atoms with Gasteiger partial charge in [0, 0.05) is 29.6 Å². The van der Waals surface area contributed by atoms with Crippen molar-refractivity contribution < 1.29 is 9.90 Å². The van der Waals surface area contributed by atoms with Gasteiger partial charge in [-0.1, -0.05) is 36.2 Å². The van der Waals surface area contributed by atoms with Crippen molar-refractivity contribution >= 4 is 23.5 Å². The van der Waals surface area contributed by atoms with Crippen LogP contribution in [0.3, 0.4) is 0 Å². The summed E-state index contributed by atoms with van der Waals surface area (Å²) in [5, 5.41) is 12.9. The third-order valence-corrected chi connectivity index (χ3v) is 5.60. The molecule has 1 saturated carbocycles. The van der Waals surface area contributed by atoms with Crippen molar-refractivity contribution in [1.82, 2.24) is 14.5 Å². The largest absolute Gasteiger partial charge is 0.481 e. The molecule has 1 aromatic carbocycles. The van der Waals surface area contributed by atoms with Crippen LogP contribution in [-0.2, 0) is 4.79 Å². The molecule has 1 aliphatic rings.